The number of aryl methyl sites for hydroxylation is 1. The number of nitrogens with one attached hydrogen (secondary N) is 2. The van der Waals surface area contributed by atoms with Crippen LogP contribution in [0.3, 0.4) is 0 Å². The number of fused-ring (bicyclic) bond motifs is 2. The van der Waals surface area contributed by atoms with Gasteiger partial charge in [-0.2, -0.15) is 5.10 Å². The predicted molar refractivity (Wildman–Crippen MR) is 129 cm³/mol. The third-order valence-electron chi connectivity index (χ3n) is 5.84. The molecule has 2 N–H and O–H groups in total. The van der Waals surface area contributed by atoms with Gasteiger partial charge in [0.05, 0.1) is 24.5 Å². The van der Waals surface area contributed by atoms with Crippen LogP contribution in [0.5, 0.6) is 5.75 Å². The largest absolute Gasteiger partial charge is 0.497 e. The standard InChI is InChI=1S/C26H19FN6O/c1-14-3-16(10-28-9-14)17-6-21-25(32-33-26(21)30-11-17)23-8-20-22(12-29-13-24(20)31-23)15-4-18(27)7-19(5-15)34-2/h3-13,31H,1-2H3,(H,30,32,33). The highest BCUT2D eigenvalue weighted by atomic mass is 19.1. The minimum absolute atomic E-state index is 0.371. The lowest BCUT2D eigenvalue weighted by molar-refractivity contribution is 0.411. The highest BCUT2D eigenvalue weighted by molar-refractivity contribution is 6.00. The van der Waals surface area contributed by atoms with Gasteiger partial charge in [0.25, 0.3) is 0 Å². The van der Waals surface area contributed by atoms with E-state index in [0.717, 1.165) is 49.9 Å². The summed E-state index contributed by atoms with van der Waals surface area (Å²) >= 11 is 0. The monoisotopic (exact) mass is 450 g/mol. The molecule has 1 aromatic carbocycles. The Labute approximate surface area is 193 Å². The molecule has 0 aliphatic heterocycles. The normalized spacial score (nSPS) is 11.4. The lowest BCUT2D eigenvalue weighted by Gasteiger charge is -2.06. The molecule has 0 unspecified atom stereocenters. The van der Waals surface area contributed by atoms with E-state index >= 15 is 0 Å². The van der Waals surface area contributed by atoms with Gasteiger partial charge in [-0.1, -0.05) is 0 Å². The van der Waals surface area contributed by atoms with E-state index in [1.54, 1.807) is 18.5 Å². The number of methoxy groups -OCH3 is 1. The molecule has 0 saturated heterocycles. The van der Waals surface area contributed by atoms with E-state index in [9.17, 15) is 4.39 Å². The van der Waals surface area contributed by atoms with Crippen LogP contribution in [0.1, 0.15) is 5.56 Å². The Bertz CT molecular complexity index is 1690. The van der Waals surface area contributed by atoms with Crippen molar-refractivity contribution in [2.24, 2.45) is 0 Å². The molecule has 0 atom stereocenters. The molecule has 0 bridgehead atoms. The number of halogens is 1. The maximum atomic E-state index is 14.2. The quantitative estimate of drug-likeness (QED) is 0.360. The topological polar surface area (TPSA) is 92.4 Å². The van der Waals surface area contributed by atoms with Crippen molar-refractivity contribution in [1.29, 1.82) is 0 Å². The Balaban J connectivity index is 1.50. The molecule has 0 aliphatic rings. The van der Waals surface area contributed by atoms with Crippen LogP contribution in [0.2, 0.25) is 0 Å². The SMILES string of the molecule is COc1cc(F)cc(-c2cncc3[nH]c(-c4n[nH]c5ncc(-c6cncc(C)c6)cc45)cc23)c1. The summed E-state index contributed by atoms with van der Waals surface area (Å²) in [5.41, 5.74) is 7.55. The highest BCUT2D eigenvalue weighted by Gasteiger charge is 2.16. The van der Waals surface area contributed by atoms with Crippen LogP contribution in [0.25, 0.3) is 55.6 Å². The molecule has 5 aromatic heterocycles. The van der Waals surface area contributed by atoms with Gasteiger partial charge in [-0.15, -0.1) is 0 Å². The van der Waals surface area contributed by atoms with Gasteiger partial charge in [-0.25, -0.2) is 9.37 Å². The number of rotatable bonds is 4. The zero-order chi connectivity index (χ0) is 23.2. The number of pyridine rings is 3. The molecule has 34 heavy (non-hydrogen) atoms. The molecule has 166 valence electrons. The van der Waals surface area contributed by atoms with Gasteiger partial charge < -0.3 is 9.72 Å². The summed E-state index contributed by atoms with van der Waals surface area (Å²) in [6.07, 6.45) is 8.93. The number of aromatic nitrogens is 6. The van der Waals surface area contributed by atoms with E-state index < -0.39 is 0 Å². The average Bonchev–Trinajstić information content (AvgIpc) is 3.47. The summed E-state index contributed by atoms with van der Waals surface area (Å²) in [4.78, 5) is 16.6. The fourth-order valence-corrected chi connectivity index (χ4v) is 4.22. The van der Waals surface area contributed by atoms with Gasteiger partial charge in [0.1, 0.15) is 17.3 Å². The van der Waals surface area contributed by atoms with Crippen molar-refractivity contribution in [3.8, 4) is 39.4 Å². The fourth-order valence-electron chi connectivity index (χ4n) is 4.22. The molecule has 5 heterocycles. The van der Waals surface area contributed by atoms with Crippen LogP contribution in [-0.4, -0.2) is 37.2 Å². The highest BCUT2D eigenvalue weighted by Crippen LogP contribution is 2.35. The molecule has 0 saturated carbocycles. The second kappa shape index (κ2) is 7.77. The Hall–Kier alpha value is -4.59. The Morgan fingerprint density at radius 3 is 2.53 bits per heavy atom. The molecule has 0 aliphatic carbocycles. The van der Waals surface area contributed by atoms with E-state index in [0.29, 0.717) is 17.0 Å². The van der Waals surface area contributed by atoms with E-state index in [4.69, 9.17) is 4.74 Å². The van der Waals surface area contributed by atoms with Crippen LogP contribution < -0.4 is 4.74 Å². The molecule has 6 rings (SSSR count). The van der Waals surface area contributed by atoms with Gasteiger partial charge in [0.15, 0.2) is 5.65 Å². The van der Waals surface area contributed by atoms with Crippen molar-refractivity contribution in [2.75, 3.05) is 7.11 Å². The summed E-state index contributed by atoms with van der Waals surface area (Å²) in [6.45, 7) is 2.01. The van der Waals surface area contributed by atoms with Crippen molar-refractivity contribution in [2.45, 2.75) is 6.92 Å². The first-order valence-electron chi connectivity index (χ1n) is 10.7. The Kier molecular flexibility index (Phi) is 4.58. The average molecular weight is 450 g/mol. The minimum atomic E-state index is -0.371. The predicted octanol–water partition coefficient (Wildman–Crippen LogP) is 5.69. The van der Waals surface area contributed by atoms with Gasteiger partial charge in [0.2, 0.25) is 0 Å². The Morgan fingerprint density at radius 2 is 1.68 bits per heavy atom. The number of benzene rings is 1. The van der Waals surface area contributed by atoms with Crippen LogP contribution in [0.15, 0.2) is 67.4 Å². The summed E-state index contributed by atoms with van der Waals surface area (Å²) < 4.78 is 19.4. The third-order valence-corrected chi connectivity index (χ3v) is 5.84. The zero-order valence-electron chi connectivity index (χ0n) is 18.4. The molecule has 0 amide bonds. The molecule has 7 nitrogen and oxygen atoms in total. The molecular weight excluding hydrogens is 431 g/mol. The number of ether oxygens (including phenoxy) is 1. The molecule has 0 spiro atoms. The lowest BCUT2D eigenvalue weighted by atomic mass is 10.0. The smallest absolute Gasteiger partial charge is 0.155 e. The van der Waals surface area contributed by atoms with Gasteiger partial charge in [-0.3, -0.25) is 15.1 Å². The van der Waals surface area contributed by atoms with E-state index in [2.05, 4.69) is 42.3 Å². The summed E-state index contributed by atoms with van der Waals surface area (Å²) in [7, 11) is 1.52. The number of aromatic amines is 2. The molecule has 0 fully saturated rings. The van der Waals surface area contributed by atoms with E-state index in [1.807, 2.05) is 31.6 Å². The van der Waals surface area contributed by atoms with E-state index in [1.165, 1.54) is 19.2 Å². The molecule has 0 radical (unpaired) electrons. The summed E-state index contributed by atoms with van der Waals surface area (Å²) in [5.74, 6) is 0.0787. The number of hydrogen-bond acceptors (Lipinski definition) is 5. The number of H-pyrrole nitrogens is 2. The maximum absolute atomic E-state index is 14.2. The van der Waals surface area contributed by atoms with Crippen molar-refractivity contribution in [3.63, 3.8) is 0 Å². The van der Waals surface area contributed by atoms with Crippen LogP contribution >= 0.6 is 0 Å². The van der Waals surface area contributed by atoms with Crippen molar-refractivity contribution < 1.29 is 9.13 Å². The van der Waals surface area contributed by atoms with Gasteiger partial charge in [-0.05, 0) is 48.4 Å². The summed E-state index contributed by atoms with van der Waals surface area (Å²) in [6, 6.07) is 10.7. The zero-order valence-corrected chi connectivity index (χ0v) is 18.4. The van der Waals surface area contributed by atoms with E-state index in [-0.39, 0.29) is 5.82 Å². The number of hydrogen-bond donors (Lipinski definition) is 2. The van der Waals surface area contributed by atoms with Gasteiger partial charge in [0, 0.05) is 58.3 Å². The first-order valence-corrected chi connectivity index (χ1v) is 10.7. The van der Waals surface area contributed by atoms with Crippen LogP contribution in [0.4, 0.5) is 4.39 Å². The van der Waals surface area contributed by atoms with Crippen molar-refractivity contribution >= 4 is 21.9 Å². The molecular formula is C26H19FN6O. The minimum Gasteiger partial charge on any atom is -0.497 e. The fraction of sp³-hybridized carbons (Fsp3) is 0.0769. The second-order valence-electron chi connectivity index (χ2n) is 8.15. The van der Waals surface area contributed by atoms with Crippen LogP contribution in [-0.2, 0) is 0 Å². The van der Waals surface area contributed by atoms with Crippen molar-refractivity contribution in [1.82, 2.24) is 30.1 Å². The first-order chi connectivity index (χ1) is 16.6. The Morgan fingerprint density at radius 1 is 0.824 bits per heavy atom. The summed E-state index contributed by atoms with van der Waals surface area (Å²) in [5, 5.41) is 9.32. The van der Waals surface area contributed by atoms with Crippen molar-refractivity contribution in [3.05, 3.63) is 78.8 Å². The maximum Gasteiger partial charge on any atom is 0.155 e. The lowest BCUT2D eigenvalue weighted by Crippen LogP contribution is -1.88. The molecule has 6 aromatic rings. The first kappa shape index (κ1) is 20.0. The molecule has 8 heteroatoms. The van der Waals surface area contributed by atoms with Gasteiger partial charge >= 0.3 is 0 Å². The number of nitrogens with zero attached hydrogens (tertiary/aromatic N) is 4. The van der Waals surface area contributed by atoms with Crippen LogP contribution in [0, 0.1) is 12.7 Å². The third kappa shape index (κ3) is 3.36. The second-order valence-corrected chi connectivity index (χ2v) is 8.15.